The minimum absolute atomic E-state index is 0.0552. The Labute approximate surface area is 476 Å². The summed E-state index contributed by atoms with van der Waals surface area (Å²) in [6.45, 7) is 0. The molecular weight excluding hydrogens is 1120 g/mol. The molecule has 3 saturated heterocycles. The largest absolute Gasteiger partial charge is 0.465 e. The predicted octanol–water partition coefficient (Wildman–Crippen LogP) is 10.9. The minimum atomic E-state index is -0.530. The number of nitriles is 1. The first-order valence-corrected chi connectivity index (χ1v) is 26.9. The summed E-state index contributed by atoms with van der Waals surface area (Å²) in [5, 5.41) is 18.7. The fourth-order valence-corrected chi connectivity index (χ4v) is 12.7. The number of nitrogens with zero attached hydrogens (tertiary/aromatic N) is 5. The lowest BCUT2D eigenvalue weighted by atomic mass is 9.95. The van der Waals surface area contributed by atoms with Gasteiger partial charge in [-0.2, -0.15) is 9.65 Å². The standard InChI is InChI=1S/2C19H18ClN3O4.C18H13Cl2FN4O/c2*1-27-18(25)13-4-2-11(8-15(13)20)22-19(26)23-12-3-5-16(23)14-9-21-17(24)7-10(14)6-12;19-13-5-9(8-22)15(7-14(13)20)24-18(26)25-10-1-2-16(25)11-3-4-23-17(21)12(11)6-10/h2*2,4,7-9,12,16H,3,5-6H2,1H3,(H,21,24)(H,22,26);3-5,7,10,16H,1-2,6H2,(H,24,26)/t2*12-,16+;10-,16+/m100/s1. The average molecular weight is 1170 g/mol. The van der Waals surface area contributed by atoms with Gasteiger partial charge in [0.2, 0.25) is 17.1 Å². The van der Waals surface area contributed by atoms with E-state index in [2.05, 4.69) is 40.4 Å². The molecule has 6 amide bonds. The van der Waals surface area contributed by atoms with Gasteiger partial charge in [0.25, 0.3) is 0 Å². The van der Waals surface area contributed by atoms with Gasteiger partial charge in [-0.1, -0.05) is 46.4 Å². The van der Waals surface area contributed by atoms with E-state index in [1.54, 1.807) is 47.6 Å². The second kappa shape index (κ2) is 23.0. The SMILES string of the molecule is COC(=O)c1ccc(NC(=O)N2[C@@H]3CC[C@H]2c2c[nH]c(=O)cc2C3)cc1Cl.COC(=O)c1ccc(NC(=O)N2[C@H]3CC[C@@H]2c2c[nH]c(=O)cc2C3)cc1Cl.N#Cc1cc(Cl)c(Cl)cc1NC(=O)N1[C@H]2CC[C@@H]1c1ccnc(F)c1C2. The van der Waals surface area contributed by atoms with Gasteiger partial charge in [-0.3, -0.25) is 9.59 Å². The number of amides is 6. The Morgan fingerprint density at radius 2 is 1.05 bits per heavy atom. The van der Waals surface area contributed by atoms with Crippen molar-refractivity contribution in [3.63, 3.8) is 0 Å². The van der Waals surface area contributed by atoms with Crippen molar-refractivity contribution < 1.29 is 37.8 Å². The van der Waals surface area contributed by atoms with E-state index in [0.29, 0.717) is 41.9 Å². The molecule has 12 rings (SSSR count). The van der Waals surface area contributed by atoms with Crippen LogP contribution < -0.4 is 27.1 Å². The number of aromatic nitrogens is 3. The van der Waals surface area contributed by atoms with Crippen LogP contribution in [0.3, 0.4) is 0 Å². The highest BCUT2D eigenvalue weighted by Gasteiger charge is 2.46. The normalized spacial score (nSPS) is 20.2. The van der Waals surface area contributed by atoms with Crippen LogP contribution in [0.2, 0.25) is 20.1 Å². The van der Waals surface area contributed by atoms with Crippen molar-refractivity contribution in [2.45, 2.75) is 94.0 Å². The number of hydrogen-bond donors (Lipinski definition) is 5. The number of nitrogens with one attached hydrogen (secondary N) is 5. The van der Waals surface area contributed by atoms with Crippen molar-refractivity contribution in [2.24, 2.45) is 0 Å². The molecule has 0 saturated carbocycles. The zero-order valence-electron chi connectivity index (χ0n) is 42.7. The van der Waals surface area contributed by atoms with Gasteiger partial charge in [-0.25, -0.2) is 29.0 Å². The quantitative estimate of drug-likeness (QED) is 0.0802. The summed E-state index contributed by atoms with van der Waals surface area (Å²) in [6, 6.07) is 18.2. The van der Waals surface area contributed by atoms with E-state index in [-0.39, 0.29) is 102 Å². The minimum Gasteiger partial charge on any atom is -0.465 e. The first-order valence-electron chi connectivity index (χ1n) is 25.4. The summed E-state index contributed by atoms with van der Waals surface area (Å²) in [6.07, 6.45) is 11.7. The van der Waals surface area contributed by atoms with Crippen LogP contribution in [0.4, 0.5) is 35.8 Å². The number of carbonyl (C=O) groups excluding carboxylic acids is 5. The number of H-pyrrole nitrogens is 2. The molecule has 6 bridgehead atoms. The van der Waals surface area contributed by atoms with Crippen LogP contribution in [-0.2, 0) is 28.7 Å². The number of aromatic amines is 2. The number of benzene rings is 3. The number of methoxy groups -OCH3 is 2. The molecule has 5 N–H and O–H groups in total. The topological polar surface area (TPSA) is 252 Å². The highest BCUT2D eigenvalue weighted by molar-refractivity contribution is 6.42. The Hall–Kier alpha value is -7.96. The molecule has 3 aromatic carbocycles. The number of carbonyl (C=O) groups is 5. The third-order valence-electron chi connectivity index (χ3n) is 15.4. The van der Waals surface area contributed by atoms with E-state index in [0.717, 1.165) is 66.3 Å². The monoisotopic (exact) mass is 1160 g/mol. The Kier molecular flexibility index (Phi) is 15.9. The summed E-state index contributed by atoms with van der Waals surface area (Å²) < 4.78 is 23.3. The molecule has 3 fully saturated rings. The van der Waals surface area contributed by atoms with Crippen molar-refractivity contribution >= 4 is 93.5 Å². The molecule has 3 aromatic heterocycles. The van der Waals surface area contributed by atoms with Gasteiger partial charge in [-0.15, -0.1) is 0 Å². The maximum absolute atomic E-state index is 14.0. The number of pyridine rings is 3. The number of rotatable bonds is 5. The van der Waals surface area contributed by atoms with Crippen molar-refractivity contribution in [1.82, 2.24) is 29.7 Å². The van der Waals surface area contributed by atoms with Crippen molar-refractivity contribution in [1.29, 1.82) is 5.26 Å². The number of urea groups is 3. The van der Waals surface area contributed by atoms with Gasteiger partial charge < -0.3 is 50.1 Å². The molecule has 6 atom stereocenters. The Balaban J connectivity index is 0.000000135. The van der Waals surface area contributed by atoms with Crippen LogP contribution in [0.25, 0.3) is 0 Å². The third kappa shape index (κ3) is 10.9. The molecule has 0 radical (unpaired) electrons. The van der Waals surface area contributed by atoms with Gasteiger partial charge >= 0.3 is 30.0 Å². The number of esters is 2. The first kappa shape index (κ1) is 55.4. The zero-order valence-corrected chi connectivity index (χ0v) is 45.7. The fraction of sp³-hybridized carbons (Fsp3) is 0.304. The van der Waals surface area contributed by atoms with Gasteiger partial charge in [0.15, 0.2) is 0 Å². The van der Waals surface area contributed by atoms with Crippen LogP contribution in [-0.4, -0.2) is 92.0 Å². The van der Waals surface area contributed by atoms with E-state index < -0.39 is 17.9 Å². The average Bonchev–Trinajstić information content (AvgIpc) is 4.22. The van der Waals surface area contributed by atoms with Crippen molar-refractivity contribution in [3.05, 3.63) is 182 Å². The highest BCUT2D eigenvalue weighted by atomic mass is 35.5. The lowest BCUT2D eigenvalue weighted by molar-refractivity contribution is 0.0592. The molecule has 0 spiro atoms. The van der Waals surface area contributed by atoms with Crippen LogP contribution in [0.5, 0.6) is 0 Å². The van der Waals surface area contributed by atoms with Gasteiger partial charge in [0.05, 0.1) is 74.8 Å². The van der Waals surface area contributed by atoms with E-state index in [1.807, 2.05) is 15.9 Å². The number of fused-ring (bicyclic) bond motifs is 12. The molecular formula is C56H49Cl4FN10O9. The van der Waals surface area contributed by atoms with Crippen LogP contribution in [0.15, 0.2) is 94.9 Å². The molecule has 6 aliphatic rings. The van der Waals surface area contributed by atoms with Crippen molar-refractivity contribution in [2.75, 3.05) is 30.2 Å². The molecule has 0 unspecified atom stereocenters. The summed E-state index contributed by atoms with van der Waals surface area (Å²) in [5.74, 6) is -1.52. The molecule has 412 valence electrons. The molecule has 6 aliphatic heterocycles. The third-order valence-corrected chi connectivity index (χ3v) is 16.8. The Bertz CT molecular complexity index is 3530. The fourth-order valence-electron chi connectivity index (χ4n) is 11.9. The maximum atomic E-state index is 14.0. The summed E-state index contributed by atoms with van der Waals surface area (Å²) >= 11 is 24.2. The van der Waals surface area contributed by atoms with E-state index in [1.165, 1.54) is 56.8 Å². The second-order valence-electron chi connectivity index (χ2n) is 19.9. The Morgan fingerprint density at radius 3 is 1.51 bits per heavy atom. The summed E-state index contributed by atoms with van der Waals surface area (Å²) in [5.41, 5.74) is 7.21. The molecule has 9 heterocycles. The number of halogens is 5. The maximum Gasteiger partial charge on any atom is 0.339 e. The van der Waals surface area contributed by atoms with Crippen molar-refractivity contribution in [3.8, 4) is 6.07 Å². The lowest BCUT2D eigenvalue weighted by Crippen LogP contribution is -2.44. The Morgan fingerprint density at radius 1 is 0.600 bits per heavy atom. The molecule has 6 aromatic rings. The number of ether oxygens (including phenoxy) is 2. The summed E-state index contributed by atoms with van der Waals surface area (Å²) in [4.78, 5) is 99.6. The van der Waals surface area contributed by atoms with E-state index in [9.17, 15) is 43.2 Å². The molecule has 0 aliphatic carbocycles. The number of hydrogen-bond acceptors (Lipinski definition) is 11. The van der Waals surface area contributed by atoms with Gasteiger partial charge in [0, 0.05) is 65.8 Å². The first-order chi connectivity index (χ1) is 38.4. The van der Waals surface area contributed by atoms with Gasteiger partial charge in [0.1, 0.15) is 6.07 Å². The smallest absolute Gasteiger partial charge is 0.339 e. The molecule has 24 heteroatoms. The lowest BCUT2D eigenvalue weighted by Gasteiger charge is -2.36. The summed E-state index contributed by atoms with van der Waals surface area (Å²) in [7, 11) is 2.57. The predicted molar refractivity (Wildman–Crippen MR) is 296 cm³/mol. The van der Waals surface area contributed by atoms with Gasteiger partial charge in [-0.05, 0) is 140 Å². The van der Waals surface area contributed by atoms with E-state index in [4.69, 9.17) is 46.4 Å². The molecule has 80 heavy (non-hydrogen) atoms. The highest BCUT2D eigenvalue weighted by Crippen LogP contribution is 2.46. The zero-order chi connectivity index (χ0) is 56.7. The number of anilines is 3. The van der Waals surface area contributed by atoms with Crippen LogP contribution >= 0.6 is 46.4 Å². The molecule has 19 nitrogen and oxygen atoms in total. The van der Waals surface area contributed by atoms with E-state index >= 15 is 0 Å². The second-order valence-corrected chi connectivity index (χ2v) is 21.5. The van der Waals surface area contributed by atoms with Crippen LogP contribution in [0, 0.1) is 17.3 Å². The van der Waals surface area contributed by atoms with Crippen LogP contribution in [0.1, 0.15) is 116 Å².